The Morgan fingerprint density at radius 1 is 0.944 bits per heavy atom. The summed E-state index contributed by atoms with van der Waals surface area (Å²) < 4.78 is 0. The third kappa shape index (κ3) is 2.62. The zero-order chi connectivity index (χ0) is 13.1. The highest BCUT2D eigenvalue weighted by atomic mass is 32.2. The first kappa shape index (κ1) is 13.2. The maximum absolute atomic E-state index is 2.24. The fraction of sp³-hybridized carbons (Fsp3) is 0.294. The molecule has 0 spiro atoms. The van der Waals surface area contributed by atoms with E-state index in [4.69, 9.17) is 0 Å². The maximum Gasteiger partial charge on any atom is 0.0177 e. The van der Waals surface area contributed by atoms with Gasteiger partial charge in [-0.2, -0.15) is 0 Å². The zero-order valence-corrected chi connectivity index (χ0v) is 12.3. The maximum atomic E-state index is 2.24. The van der Waals surface area contributed by atoms with E-state index in [1.807, 2.05) is 11.8 Å². The Kier molecular flexibility index (Phi) is 4.13. The molecule has 0 bridgehead atoms. The van der Waals surface area contributed by atoms with Crippen molar-refractivity contribution in [2.24, 2.45) is 0 Å². The Labute approximate surface area is 114 Å². The molecule has 0 N–H and O–H groups in total. The van der Waals surface area contributed by atoms with Gasteiger partial charge in [0.25, 0.3) is 0 Å². The van der Waals surface area contributed by atoms with Gasteiger partial charge in [0.05, 0.1) is 0 Å². The van der Waals surface area contributed by atoms with Crippen LogP contribution in [0.2, 0.25) is 0 Å². The topological polar surface area (TPSA) is 0 Å². The van der Waals surface area contributed by atoms with Gasteiger partial charge < -0.3 is 0 Å². The van der Waals surface area contributed by atoms with E-state index in [-0.39, 0.29) is 0 Å². The molecular weight excluding hydrogens is 236 g/mol. The second kappa shape index (κ2) is 5.62. The molecule has 2 aromatic rings. The van der Waals surface area contributed by atoms with Crippen molar-refractivity contribution in [1.82, 2.24) is 0 Å². The minimum atomic E-state index is 0.594. The summed E-state index contributed by atoms with van der Waals surface area (Å²) in [6.07, 6.45) is 2.15. The second-order valence-corrected chi connectivity index (χ2v) is 5.75. The van der Waals surface area contributed by atoms with Gasteiger partial charge in [0.15, 0.2) is 0 Å². The van der Waals surface area contributed by atoms with E-state index in [1.165, 1.54) is 27.1 Å². The molecule has 0 saturated carbocycles. The Bertz CT molecular complexity index is 524. The van der Waals surface area contributed by atoms with Crippen molar-refractivity contribution >= 4 is 11.8 Å². The lowest BCUT2D eigenvalue weighted by Gasteiger charge is -2.12. The average molecular weight is 256 g/mol. The molecule has 0 unspecified atom stereocenters. The molecule has 0 aliphatic carbocycles. The zero-order valence-electron chi connectivity index (χ0n) is 11.5. The van der Waals surface area contributed by atoms with Crippen LogP contribution in [0.4, 0.5) is 0 Å². The quantitative estimate of drug-likeness (QED) is 0.653. The highest BCUT2D eigenvalue weighted by molar-refractivity contribution is 7.98. The van der Waals surface area contributed by atoms with Gasteiger partial charge in [0.1, 0.15) is 0 Å². The van der Waals surface area contributed by atoms with Crippen LogP contribution in [-0.4, -0.2) is 6.26 Å². The summed E-state index contributed by atoms with van der Waals surface area (Å²) in [7, 11) is 0. The normalized spacial score (nSPS) is 10.9. The third-order valence-electron chi connectivity index (χ3n) is 3.30. The fourth-order valence-electron chi connectivity index (χ4n) is 2.20. The summed E-state index contributed by atoms with van der Waals surface area (Å²) in [4.78, 5) is 1.38. The lowest BCUT2D eigenvalue weighted by atomic mass is 9.98. The van der Waals surface area contributed by atoms with Crippen LogP contribution < -0.4 is 0 Å². The molecule has 0 atom stereocenters. The van der Waals surface area contributed by atoms with Crippen molar-refractivity contribution in [2.45, 2.75) is 31.6 Å². The minimum absolute atomic E-state index is 0.594. The highest BCUT2D eigenvalue weighted by Gasteiger charge is 2.07. The SMILES string of the molecule is CSc1c(C)cccc1-c1ccc(C(C)C)cc1. The molecule has 0 heterocycles. The van der Waals surface area contributed by atoms with Gasteiger partial charge in [-0.3, -0.25) is 0 Å². The van der Waals surface area contributed by atoms with Crippen LogP contribution in [0.25, 0.3) is 11.1 Å². The Balaban J connectivity index is 2.46. The van der Waals surface area contributed by atoms with Crippen LogP contribution in [0.3, 0.4) is 0 Å². The summed E-state index contributed by atoms with van der Waals surface area (Å²) in [5.41, 5.74) is 5.41. The number of benzene rings is 2. The smallest absolute Gasteiger partial charge is 0.0177 e. The molecule has 0 radical (unpaired) electrons. The van der Waals surface area contributed by atoms with Crippen LogP contribution in [0, 0.1) is 6.92 Å². The van der Waals surface area contributed by atoms with Gasteiger partial charge in [0.2, 0.25) is 0 Å². The van der Waals surface area contributed by atoms with Crippen LogP contribution >= 0.6 is 11.8 Å². The van der Waals surface area contributed by atoms with Crippen molar-refractivity contribution in [3.63, 3.8) is 0 Å². The van der Waals surface area contributed by atoms with E-state index in [1.54, 1.807) is 0 Å². The predicted molar refractivity (Wildman–Crippen MR) is 82.5 cm³/mol. The largest absolute Gasteiger partial charge is 0.129 e. The summed E-state index contributed by atoms with van der Waals surface area (Å²) in [6.45, 7) is 6.64. The van der Waals surface area contributed by atoms with E-state index >= 15 is 0 Å². The molecule has 0 nitrogen and oxygen atoms in total. The monoisotopic (exact) mass is 256 g/mol. The lowest BCUT2D eigenvalue weighted by Crippen LogP contribution is -1.89. The van der Waals surface area contributed by atoms with Crippen LogP contribution in [-0.2, 0) is 0 Å². The molecule has 0 aliphatic rings. The van der Waals surface area contributed by atoms with Gasteiger partial charge >= 0.3 is 0 Å². The molecular formula is C17H20S. The Hall–Kier alpha value is -1.21. The van der Waals surface area contributed by atoms with Crippen molar-refractivity contribution in [3.8, 4) is 11.1 Å². The van der Waals surface area contributed by atoms with Gasteiger partial charge in [-0.1, -0.05) is 56.3 Å². The van der Waals surface area contributed by atoms with Gasteiger partial charge in [-0.25, -0.2) is 0 Å². The van der Waals surface area contributed by atoms with Crippen molar-refractivity contribution in [1.29, 1.82) is 0 Å². The number of aryl methyl sites for hydroxylation is 1. The standard InChI is InChI=1S/C17H20S/c1-12(2)14-8-10-15(11-9-14)16-7-5-6-13(3)17(16)18-4/h5-12H,1-4H3. The van der Waals surface area contributed by atoms with E-state index in [2.05, 4.69) is 69.5 Å². The van der Waals surface area contributed by atoms with Gasteiger partial charge in [-0.15, -0.1) is 11.8 Å². The van der Waals surface area contributed by atoms with E-state index in [0.717, 1.165) is 0 Å². The van der Waals surface area contributed by atoms with E-state index < -0.39 is 0 Å². The fourth-order valence-corrected chi connectivity index (χ4v) is 2.99. The van der Waals surface area contributed by atoms with Crippen molar-refractivity contribution in [3.05, 3.63) is 53.6 Å². The molecule has 0 fully saturated rings. The summed E-state index contributed by atoms with van der Waals surface area (Å²) in [5, 5.41) is 0. The lowest BCUT2D eigenvalue weighted by molar-refractivity contribution is 0.867. The molecule has 94 valence electrons. The van der Waals surface area contributed by atoms with Gasteiger partial charge in [0, 0.05) is 4.90 Å². The van der Waals surface area contributed by atoms with Gasteiger partial charge in [-0.05, 0) is 41.4 Å². The molecule has 0 aliphatic heterocycles. The van der Waals surface area contributed by atoms with E-state index in [0.29, 0.717) is 5.92 Å². The molecule has 0 saturated heterocycles. The van der Waals surface area contributed by atoms with Crippen LogP contribution in [0.15, 0.2) is 47.4 Å². The third-order valence-corrected chi connectivity index (χ3v) is 4.25. The number of hydrogen-bond donors (Lipinski definition) is 0. The molecule has 18 heavy (non-hydrogen) atoms. The Morgan fingerprint density at radius 2 is 1.61 bits per heavy atom. The van der Waals surface area contributed by atoms with Crippen LogP contribution in [0.5, 0.6) is 0 Å². The first-order chi connectivity index (χ1) is 8.63. The number of thioether (sulfide) groups is 1. The number of rotatable bonds is 3. The summed E-state index contributed by atoms with van der Waals surface area (Å²) >= 11 is 1.83. The minimum Gasteiger partial charge on any atom is -0.129 e. The van der Waals surface area contributed by atoms with Crippen molar-refractivity contribution in [2.75, 3.05) is 6.26 Å². The first-order valence-corrected chi connectivity index (χ1v) is 7.60. The van der Waals surface area contributed by atoms with E-state index in [9.17, 15) is 0 Å². The highest BCUT2D eigenvalue weighted by Crippen LogP contribution is 2.33. The number of hydrogen-bond acceptors (Lipinski definition) is 1. The second-order valence-electron chi connectivity index (χ2n) is 4.93. The van der Waals surface area contributed by atoms with Crippen LogP contribution in [0.1, 0.15) is 30.9 Å². The molecule has 0 aromatic heterocycles. The molecule has 2 aromatic carbocycles. The first-order valence-electron chi connectivity index (χ1n) is 6.37. The van der Waals surface area contributed by atoms with Crippen molar-refractivity contribution < 1.29 is 0 Å². The predicted octanol–water partition coefficient (Wildman–Crippen LogP) is 5.51. The average Bonchev–Trinajstić information content (AvgIpc) is 2.38. The molecule has 1 heteroatoms. The Morgan fingerprint density at radius 3 is 2.17 bits per heavy atom. The molecule has 2 rings (SSSR count). The summed E-state index contributed by atoms with van der Waals surface area (Å²) in [5.74, 6) is 0.594. The summed E-state index contributed by atoms with van der Waals surface area (Å²) in [6, 6.07) is 15.5. The molecule has 0 amide bonds.